The molecule has 5 heteroatoms. The zero-order valence-corrected chi connectivity index (χ0v) is 8.05. The SMILES string of the molecule is CC(N)CN(C(N)=O)c1ccccn1. The average Bonchev–Trinajstić information content (AvgIpc) is 2.15. The van der Waals surface area contributed by atoms with Crippen molar-refractivity contribution in [3.05, 3.63) is 24.4 Å². The molecule has 0 fully saturated rings. The quantitative estimate of drug-likeness (QED) is 0.726. The second kappa shape index (κ2) is 4.57. The number of primary amides is 1. The molecule has 0 radical (unpaired) electrons. The number of carbonyl (C=O) groups is 1. The van der Waals surface area contributed by atoms with Gasteiger partial charge in [0.1, 0.15) is 5.82 Å². The van der Waals surface area contributed by atoms with Crippen molar-refractivity contribution in [2.75, 3.05) is 11.4 Å². The van der Waals surface area contributed by atoms with Crippen molar-refractivity contribution in [1.29, 1.82) is 0 Å². The van der Waals surface area contributed by atoms with Gasteiger partial charge < -0.3 is 11.5 Å². The Balaban J connectivity index is 2.84. The molecular formula is C9H14N4O. The number of nitrogens with zero attached hydrogens (tertiary/aromatic N) is 2. The van der Waals surface area contributed by atoms with Crippen LogP contribution in [-0.2, 0) is 0 Å². The molecule has 14 heavy (non-hydrogen) atoms. The van der Waals surface area contributed by atoms with Gasteiger partial charge in [0, 0.05) is 18.8 Å². The van der Waals surface area contributed by atoms with Gasteiger partial charge in [-0.3, -0.25) is 4.90 Å². The van der Waals surface area contributed by atoms with E-state index < -0.39 is 6.03 Å². The topological polar surface area (TPSA) is 85.2 Å². The standard InChI is InChI=1S/C9H14N4O/c1-7(10)6-13(9(11)14)8-4-2-3-5-12-8/h2-5,7H,6,10H2,1H3,(H2,11,14). The number of aromatic nitrogens is 1. The van der Waals surface area contributed by atoms with E-state index in [0.29, 0.717) is 12.4 Å². The summed E-state index contributed by atoms with van der Waals surface area (Å²) in [5.41, 5.74) is 10.8. The third-order valence-corrected chi connectivity index (χ3v) is 1.66. The fourth-order valence-corrected chi connectivity index (χ4v) is 1.10. The first-order valence-electron chi connectivity index (χ1n) is 4.35. The van der Waals surface area contributed by atoms with Crippen molar-refractivity contribution in [3.63, 3.8) is 0 Å². The molecule has 0 spiro atoms. The van der Waals surface area contributed by atoms with E-state index in [1.807, 2.05) is 0 Å². The van der Waals surface area contributed by atoms with Crippen molar-refractivity contribution in [3.8, 4) is 0 Å². The molecule has 1 rings (SSSR count). The van der Waals surface area contributed by atoms with Crippen LogP contribution in [0.4, 0.5) is 10.6 Å². The van der Waals surface area contributed by atoms with E-state index in [-0.39, 0.29) is 6.04 Å². The van der Waals surface area contributed by atoms with E-state index in [1.54, 1.807) is 31.3 Å². The van der Waals surface area contributed by atoms with Crippen LogP contribution >= 0.6 is 0 Å². The summed E-state index contributed by atoms with van der Waals surface area (Å²) in [7, 11) is 0. The van der Waals surface area contributed by atoms with Crippen LogP contribution in [0.2, 0.25) is 0 Å². The second-order valence-corrected chi connectivity index (χ2v) is 3.11. The van der Waals surface area contributed by atoms with E-state index >= 15 is 0 Å². The lowest BCUT2D eigenvalue weighted by atomic mass is 10.3. The first kappa shape index (κ1) is 10.5. The molecule has 0 saturated heterocycles. The maximum atomic E-state index is 11.1. The molecular weight excluding hydrogens is 180 g/mol. The summed E-state index contributed by atoms with van der Waals surface area (Å²) < 4.78 is 0. The number of rotatable bonds is 3. The number of pyridine rings is 1. The Hall–Kier alpha value is -1.62. The van der Waals surface area contributed by atoms with Gasteiger partial charge in [-0.1, -0.05) is 6.07 Å². The molecule has 0 aliphatic rings. The van der Waals surface area contributed by atoms with Crippen LogP contribution in [0.15, 0.2) is 24.4 Å². The van der Waals surface area contributed by atoms with Crippen molar-refractivity contribution in [2.24, 2.45) is 11.5 Å². The van der Waals surface area contributed by atoms with Crippen LogP contribution in [-0.4, -0.2) is 23.6 Å². The molecule has 5 nitrogen and oxygen atoms in total. The van der Waals surface area contributed by atoms with Gasteiger partial charge in [-0.15, -0.1) is 0 Å². The van der Waals surface area contributed by atoms with Gasteiger partial charge in [0.05, 0.1) is 0 Å². The Morgan fingerprint density at radius 3 is 2.79 bits per heavy atom. The fraction of sp³-hybridized carbons (Fsp3) is 0.333. The van der Waals surface area contributed by atoms with Crippen LogP contribution in [0, 0.1) is 0 Å². The number of urea groups is 1. The van der Waals surface area contributed by atoms with E-state index in [9.17, 15) is 4.79 Å². The molecule has 76 valence electrons. The lowest BCUT2D eigenvalue weighted by molar-refractivity contribution is 0.253. The van der Waals surface area contributed by atoms with Gasteiger partial charge in [-0.25, -0.2) is 9.78 Å². The minimum Gasteiger partial charge on any atom is -0.351 e. The maximum absolute atomic E-state index is 11.1. The molecule has 4 N–H and O–H groups in total. The lowest BCUT2D eigenvalue weighted by Gasteiger charge is -2.20. The van der Waals surface area contributed by atoms with Gasteiger partial charge in [0.25, 0.3) is 0 Å². The number of carbonyl (C=O) groups excluding carboxylic acids is 1. The summed E-state index contributed by atoms with van der Waals surface area (Å²) in [6, 6.07) is 4.60. The zero-order chi connectivity index (χ0) is 10.6. The third kappa shape index (κ3) is 2.70. The minimum atomic E-state index is -0.541. The minimum absolute atomic E-state index is 0.135. The van der Waals surface area contributed by atoms with Crippen LogP contribution in [0.25, 0.3) is 0 Å². The summed E-state index contributed by atoms with van der Waals surface area (Å²) in [6.45, 7) is 2.17. The number of amides is 2. The van der Waals surface area contributed by atoms with E-state index in [4.69, 9.17) is 11.5 Å². The number of anilines is 1. The Kier molecular flexibility index (Phi) is 3.41. The Labute approximate surface area is 82.7 Å². The molecule has 1 heterocycles. The van der Waals surface area contributed by atoms with Crippen LogP contribution < -0.4 is 16.4 Å². The van der Waals surface area contributed by atoms with Gasteiger partial charge in [0.2, 0.25) is 0 Å². The molecule has 1 aromatic heterocycles. The van der Waals surface area contributed by atoms with E-state index in [0.717, 1.165) is 0 Å². The monoisotopic (exact) mass is 194 g/mol. The largest absolute Gasteiger partial charge is 0.351 e. The Morgan fingerprint density at radius 2 is 2.36 bits per heavy atom. The number of hydrogen-bond acceptors (Lipinski definition) is 3. The predicted octanol–water partition coefficient (Wildman–Crippen LogP) is 0.314. The normalized spacial score (nSPS) is 12.1. The first-order valence-corrected chi connectivity index (χ1v) is 4.35. The molecule has 0 bridgehead atoms. The van der Waals surface area contributed by atoms with Crippen molar-refractivity contribution >= 4 is 11.8 Å². The summed E-state index contributed by atoms with van der Waals surface area (Å²) in [5, 5.41) is 0. The summed E-state index contributed by atoms with van der Waals surface area (Å²) in [4.78, 5) is 16.5. The highest BCUT2D eigenvalue weighted by Crippen LogP contribution is 2.08. The predicted molar refractivity (Wildman–Crippen MR) is 54.8 cm³/mol. The van der Waals surface area contributed by atoms with Gasteiger partial charge in [-0.2, -0.15) is 0 Å². The van der Waals surface area contributed by atoms with E-state index in [2.05, 4.69) is 4.98 Å². The molecule has 1 aromatic rings. The maximum Gasteiger partial charge on any atom is 0.320 e. The highest BCUT2D eigenvalue weighted by atomic mass is 16.2. The number of nitrogens with two attached hydrogens (primary N) is 2. The van der Waals surface area contributed by atoms with Crippen LogP contribution in [0.5, 0.6) is 0 Å². The average molecular weight is 194 g/mol. The van der Waals surface area contributed by atoms with Crippen LogP contribution in [0.3, 0.4) is 0 Å². The smallest absolute Gasteiger partial charge is 0.320 e. The Morgan fingerprint density at radius 1 is 1.64 bits per heavy atom. The molecule has 0 saturated carbocycles. The lowest BCUT2D eigenvalue weighted by Crippen LogP contribution is -2.43. The summed E-state index contributed by atoms with van der Waals surface area (Å²) in [6.07, 6.45) is 1.60. The van der Waals surface area contributed by atoms with Crippen molar-refractivity contribution < 1.29 is 4.79 Å². The highest BCUT2D eigenvalue weighted by Gasteiger charge is 2.14. The number of hydrogen-bond donors (Lipinski definition) is 2. The molecule has 2 amide bonds. The van der Waals surface area contributed by atoms with E-state index in [1.165, 1.54) is 4.90 Å². The highest BCUT2D eigenvalue weighted by molar-refractivity contribution is 5.89. The molecule has 0 aliphatic carbocycles. The summed E-state index contributed by atoms with van der Waals surface area (Å²) >= 11 is 0. The molecule has 0 aromatic carbocycles. The summed E-state index contributed by atoms with van der Waals surface area (Å²) in [5.74, 6) is 0.525. The fourth-order valence-electron chi connectivity index (χ4n) is 1.10. The first-order chi connectivity index (χ1) is 6.61. The Bertz CT molecular complexity index is 299. The second-order valence-electron chi connectivity index (χ2n) is 3.11. The van der Waals surface area contributed by atoms with Crippen LogP contribution in [0.1, 0.15) is 6.92 Å². The van der Waals surface area contributed by atoms with Crippen molar-refractivity contribution in [1.82, 2.24) is 4.98 Å². The van der Waals surface area contributed by atoms with Gasteiger partial charge >= 0.3 is 6.03 Å². The molecule has 1 atom stereocenters. The third-order valence-electron chi connectivity index (χ3n) is 1.66. The van der Waals surface area contributed by atoms with Gasteiger partial charge in [0.15, 0.2) is 0 Å². The van der Waals surface area contributed by atoms with Crippen molar-refractivity contribution in [2.45, 2.75) is 13.0 Å². The molecule has 0 aliphatic heterocycles. The molecule has 1 unspecified atom stereocenters. The van der Waals surface area contributed by atoms with Gasteiger partial charge in [-0.05, 0) is 19.1 Å². The zero-order valence-electron chi connectivity index (χ0n) is 8.05.